The highest BCUT2D eigenvalue weighted by atomic mass is 16.5. The maximum Gasteiger partial charge on any atom is 0.343 e. The summed E-state index contributed by atoms with van der Waals surface area (Å²) >= 11 is 0. The van der Waals surface area contributed by atoms with Crippen LogP contribution in [-0.2, 0) is 15.9 Å². The Labute approximate surface area is 187 Å². The standard InChI is InChI=1S/C26H26O6/c1-29-18-19-30-23-13-9-22(10-14-23)26(28)32-24-15-11-21(12-16-24)25(27)31-17-5-8-20-6-3-2-4-7-20/h2-4,6-7,9-16H,5,8,17-19H2,1H3. The van der Waals surface area contributed by atoms with Gasteiger partial charge in [-0.25, -0.2) is 9.59 Å². The van der Waals surface area contributed by atoms with Gasteiger partial charge in [0.25, 0.3) is 0 Å². The molecule has 0 aliphatic carbocycles. The normalized spacial score (nSPS) is 10.4. The van der Waals surface area contributed by atoms with Crippen LogP contribution in [0.2, 0.25) is 0 Å². The summed E-state index contributed by atoms with van der Waals surface area (Å²) in [5.74, 6) is 0.0889. The fourth-order valence-electron chi connectivity index (χ4n) is 2.92. The van der Waals surface area contributed by atoms with E-state index in [1.807, 2.05) is 30.3 Å². The van der Waals surface area contributed by atoms with Crippen LogP contribution in [0.4, 0.5) is 0 Å². The summed E-state index contributed by atoms with van der Waals surface area (Å²) in [7, 11) is 1.60. The number of benzene rings is 3. The summed E-state index contributed by atoms with van der Waals surface area (Å²) in [5, 5.41) is 0. The second kappa shape index (κ2) is 12.3. The molecule has 0 spiro atoms. The molecule has 0 heterocycles. The van der Waals surface area contributed by atoms with Gasteiger partial charge < -0.3 is 18.9 Å². The maximum absolute atomic E-state index is 12.3. The zero-order chi connectivity index (χ0) is 22.6. The lowest BCUT2D eigenvalue weighted by atomic mass is 10.1. The molecule has 0 fully saturated rings. The summed E-state index contributed by atoms with van der Waals surface area (Å²) in [6, 6.07) is 23.0. The van der Waals surface area contributed by atoms with Gasteiger partial charge in [0, 0.05) is 7.11 Å². The summed E-state index contributed by atoms with van der Waals surface area (Å²) in [5.41, 5.74) is 2.01. The van der Waals surface area contributed by atoms with Crippen molar-refractivity contribution in [3.63, 3.8) is 0 Å². The average molecular weight is 434 g/mol. The molecule has 0 aromatic heterocycles. The molecule has 3 aromatic rings. The van der Waals surface area contributed by atoms with E-state index in [-0.39, 0.29) is 0 Å². The van der Waals surface area contributed by atoms with Crippen molar-refractivity contribution in [1.29, 1.82) is 0 Å². The first-order chi connectivity index (χ1) is 15.7. The van der Waals surface area contributed by atoms with Gasteiger partial charge in [-0.3, -0.25) is 0 Å². The minimum absolute atomic E-state index is 0.343. The lowest BCUT2D eigenvalue weighted by Gasteiger charge is -2.08. The number of ether oxygens (including phenoxy) is 4. The first-order valence-corrected chi connectivity index (χ1v) is 10.4. The van der Waals surface area contributed by atoms with Crippen LogP contribution in [0, 0.1) is 0 Å². The molecule has 0 radical (unpaired) electrons. The van der Waals surface area contributed by atoms with E-state index in [0.717, 1.165) is 12.8 Å². The highest BCUT2D eigenvalue weighted by Gasteiger charge is 2.11. The monoisotopic (exact) mass is 434 g/mol. The zero-order valence-corrected chi connectivity index (χ0v) is 18.0. The summed E-state index contributed by atoms with van der Waals surface area (Å²) in [6.07, 6.45) is 1.60. The number of esters is 2. The van der Waals surface area contributed by atoms with E-state index in [0.29, 0.717) is 42.4 Å². The predicted octanol–water partition coefficient (Wildman–Crippen LogP) is 4.72. The van der Waals surface area contributed by atoms with Gasteiger partial charge in [-0.2, -0.15) is 0 Å². The van der Waals surface area contributed by atoms with Gasteiger partial charge in [0.05, 0.1) is 24.3 Å². The molecular formula is C26H26O6. The van der Waals surface area contributed by atoms with Gasteiger partial charge in [0.15, 0.2) is 0 Å². The number of carbonyl (C=O) groups is 2. The molecule has 3 rings (SSSR count). The maximum atomic E-state index is 12.3. The summed E-state index contributed by atoms with van der Waals surface area (Å²) < 4.78 is 21.1. The molecular weight excluding hydrogens is 408 g/mol. The molecule has 0 atom stereocenters. The Hall–Kier alpha value is -3.64. The number of hydrogen-bond donors (Lipinski definition) is 0. The number of methoxy groups -OCH3 is 1. The van der Waals surface area contributed by atoms with Crippen LogP contribution < -0.4 is 9.47 Å². The third-order valence-corrected chi connectivity index (χ3v) is 4.63. The van der Waals surface area contributed by atoms with Crippen molar-refractivity contribution >= 4 is 11.9 Å². The van der Waals surface area contributed by atoms with Crippen LogP contribution in [0.1, 0.15) is 32.7 Å². The third kappa shape index (κ3) is 7.25. The Kier molecular flexibility index (Phi) is 8.83. The molecule has 0 aliphatic heterocycles. The lowest BCUT2D eigenvalue weighted by Crippen LogP contribution is -2.10. The molecule has 0 saturated carbocycles. The number of aryl methyl sites for hydroxylation is 1. The second-order valence-corrected chi connectivity index (χ2v) is 7.00. The minimum Gasteiger partial charge on any atom is -0.491 e. The van der Waals surface area contributed by atoms with Crippen molar-refractivity contribution < 1.29 is 28.5 Å². The van der Waals surface area contributed by atoms with Crippen molar-refractivity contribution in [2.75, 3.05) is 26.9 Å². The number of carbonyl (C=O) groups excluding carboxylic acids is 2. The average Bonchev–Trinajstić information content (AvgIpc) is 2.83. The first kappa shape index (κ1) is 23.0. The van der Waals surface area contributed by atoms with E-state index in [1.165, 1.54) is 5.56 Å². The Bertz CT molecular complexity index is 981. The smallest absolute Gasteiger partial charge is 0.343 e. The lowest BCUT2D eigenvalue weighted by molar-refractivity contribution is 0.0500. The van der Waals surface area contributed by atoms with Crippen molar-refractivity contribution in [3.8, 4) is 11.5 Å². The van der Waals surface area contributed by atoms with E-state index in [9.17, 15) is 9.59 Å². The van der Waals surface area contributed by atoms with Crippen molar-refractivity contribution in [1.82, 2.24) is 0 Å². The summed E-state index contributed by atoms with van der Waals surface area (Å²) in [4.78, 5) is 24.5. The van der Waals surface area contributed by atoms with Crippen molar-refractivity contribution in [2.24, 2.45) is 0 Å². The van der Waals surface area contributed by atoms with E-state index in [1.54, 1.807) is 55.6 Å². The largest absolute Gasteiger partial charge is 0.491 e. The topological polar surface area (TPSA) is 71.1 Å². The van der Waals surface area contributed by atoms with E-state index in [4.69, 9.17) is 18.9 Å². The van der Waals surface area contributed by atoms with Gasteiger partial charge in [-0.1, -0.05) is 30.3 Å². The molecule has 0 unspecified atom stereocenters. The van der Waals surface area contributed by atoms with E-state index >= 15 is 0 Å². The van der Waals surface area contributed by atoms with Gasteiger partial charge in [-0.15, -0.1) is 0 Å². The highest BCUT2D eigenvalue weighted by Crippen LogP contribution is 2.17. The fraction of sp³-hybridized carbons (Fsp3) is 0.231. The number of rotatable bonds is 11. The Morgan fingerprint density at radius 3 is 1.97 bits per heavy atom. The number of hydrogen-bond acceptors (Lipinski definition) is 6. The SMILES string of the molecule is COCCOc1ccc(C(=O)Oc2ccc(C(=O)OCCCc3ccccc3)cc2)cc1. The molecule has 0 saturated heterocycles. The van der Waals surface area contributed by atoms with Crippen LogP contribution in [0.25, 0.3) is 0 Å². The molecule has 0 aliphatic rings. The van der Waals surface area contributed by atoms with Crippen molar-refractivity contribution in [3.05, 3.63) is 95.6 Å². The summed E-state index contributed by atoms with van der Waals surface area (Å²) in [6.45, 7) is 1.26. The molecule has 0 bridgehead atoms. The molecule has 6 heteroatoms. The quantitative estimate of drug-likeness (QED) is 0.247. The van der Waals surface area contributed by atoms with Crippen LogP contribution in [0.3, 0.4) is 0 Å². The van der Waals surface area contributed by atoms with E-state index in [2.05, 4.69) is 0 Å². The molecule has 3 aromatic carbocycles. The first-order valence-electron chi connectivity index (χ1n) is 10.4. The van der Waals surface area contributed by atoms with Gasteiger partial charge in [0.1, 0.15) is 18.1 Å². The van der Waals surface area contributed by atoms with Crippen LogP contribution >= 0.6 is 0 Å². The Morgan fingerprint density at radius 2 is 1.31 bits per heavy atom. The molecule has 166 valence electrons. The predicted molar refractivity (Wildman–Crippen MR) is 120 cm³/mol. The highest BCUT2D eigenvalue weighted by molar-refractivity contribution is 5.92. The van der Waals surface area contributed by atoms with Crippen LogP contribution in [0.15, 0.2) is 78.9 Å². The Balaban J connectivity index is 1.44. The zero-order valence-electron chi connectivity index (χ0n) is 18.0. The van der Waals surface area contributed by atoms with Crippen LogP contribution in [-0.4, -0.2) is 38.9 Å². The molecule has 0 amide bonds. The Morgan fingerprint density at radius 1 is 0.688 bits per heavy atom. The minimum atomic E-state index is -0.496. The second-order valence-electron chi connectivity index (χ2n) is 7.00. The third-order valence-electron chi connectivity index (χ3n) is 4.63. The molecule has 32 heavy (non-hydrogen) atoms. The molecule has 6 nitrogen and oxygen atoms in total. The molecule has 0 N–H and O–H groups in total. The van der Waals surface area contributed by atoms with Gasteiger partial charge >= 0.3 is 11.9 Å². The van der Waals surface area contributed by atoms with Crippen LogP contribution in [0.5, 0.6) is 11.5 Å². The van der Waals surface area contributed by atoms with Gasteiger partial charge in [-0.05, 0) is 66.9 Å². The fourth-order valence-corrected chi connectivity index (χ4v) is 2.92. The van der Waals surface area contributed by atoms with E-state index < -0.39 is 11.9 Å². The van der Waals surface area contributed by atoms with Gasteiger partial charge in [0.2, 0.25) is 0 Å². The van der Waals surface area contributed by atoms with Crippen molar-refractivity contribution in [2.45, 2.75) is 12.8 Å².